The maximum absolute atomic E-state index is 11.9. The predicted octanol–water partition coefficient (Wildman–Crippen LogP) is 3.11. The lowest BCUT2D eigenvalue weighted by Crippen LogP contribution is -2.06. The Kier molecular flexibility index (Phi) is 3.51. The van der Waals surface area contributed by atoms with Crippen molar-refractivity contribution in [1.82, 2.24) is 9.97 Å². The van der Waals surface area contributed by atoms with Gasteiger partial charge in [-0.25, -0.2) is 0 Å². The van der Waals surface area contributed by atoms with Crippen LogP contribution in [0.2, 0.25) is 0 Å². The van der Waals surface area contributed by atoms with Crippen molar-refractivity contribution in [2.24, 2.45) is 0 Å². The zero-order chi connectivity index (χ0) is 14.7. The molecule has 21 heavy (non-hydrogen) atoms. The van der Waals surface area contributed by atoms with Gasteiger partial charge >= 0.3 is 0 Å². The van der Waals surface area contributed by atoms with E-state index in [1.165, 1.54) is 0 Å². The summed E-state index contributed by atoms with van der Waals surface area (Å²) in [5, 5.41) is 0. The molecule has 2 aromatic heterocycles. The summed E-state index contributed by atoms with van der Waals surface area (Å²) in [7, 11) is 1.63. The summed E-state index contributed by atoms with van der Waals surface area (Å²) < 4.78 is 5.14. The molecule has 0 spiro atoms. The van der Waals surface area contributed by atoms with Gasteiger partial charge < -0.3 is 9.72 Å². The van der Waals surface area contributed by atoms with E-state index >= 15 is 0 Å². The van der Waals surface area contributed by atoms with Crippen LogP contribution in [0.25, 0.3) is 22.5 Å². The van der Waals surface area contributed by atoms with E-state index in [-0.39, 0.29) is 5.56 Å². The third-order valence-corrected chi connectivity index (χ3v) is 3.21. The molecular formula is C17H14N2O2. The molecule has 0 saturated heterocycles. The number of nitrogens with one attached hydrogen (secondary N) is 1. The van der Waals surface area contributed by atoms with Crippen LogP contribution in [0.15, 0.2) is 65.6 Å². The van der Waals surface area contributed by atoms with Gasteiger partial charge in [-0.3, -0.25) is 9.78 Å². The van der Waals surface area contributed by atoms with Gasteiger partial charge in [0.2, 0.25) is 5.56 Å². The van der Waals surface area contributed by atoms with Gasteiger partial charge in [-0.15, -0.1) is 0 Å². The molecule has 0 unspecified atom stereocenters. The Morgan fingerprint density at radius 3 is 2.48 bits per heavy atom. The monoisotopic (exact) mass is 278 g/mol. The van der Waals surface area contributed by atoms with Crippen molar-refractivity contribution in [1.29, 1.82) is 0 Å². The minimum absolute atomic E-state index is 0.149. The van der Waals surface area contributed by atoms with E-state index < -0.39 is 0 Å². The third-order valence-electron chi connectivity index (χ3n) is 3.21. The van der Waals surface area contributed by atoms with E-state index in [1.54, 1.807) is 19.4 Å². The molecule has 3 rings (SSSR count). The number of pyridine rings is 2. The largest absolute Gasteiger partial charge is 0.497 e. The van der Waals surface area contributed by atoms with Crippen molar-refractivity contribution in [2.75, 3.05) is 7.11 Å². The van der Waals surface area contributed by atoms with Gasteiger partial charge in [-0.2, -0.15) is 0 Å². The van der Waals surface area contributed by atoms with E-state index in [9.17, 15) is 4.79 Å². The summed E-state index contributed by atoms with van der Waals surface area (Å²) in [4.78, 5) is 18.9. The van der Waals surface area contributed by atoms with Gasteiger partial charge in [0.05, 0.1) is 18.5 Å². The van der Waals surface area contributed by atoms with Crippen LogP contribution in [0, 0.1) is 0 Å². The fourth-order valence-electron chi connectivity index (χ4n) is 2.15. The summed E-state index contributed by atoms with van der Waals surface area (Å²) in [6.07, 6.45) is 1.70. The van der Waals surface area contributed by atoms with Crippen LogP contribution in [-0.2, 0) is 0 Å². The molecule has 4 heteroatoms. The molecule has 104 valence electrons. The molecule has 1 N–H and O–H groups in total. The number of ether oxygens (including phenoxy) is 1. The predicted molar refractivity (Wildman–Crippen MR) is 82.3 cm³/mol. The summed E-state index contributed by atoms with van der Waals surface area (Å²) in [6.45, 7) is 0. The molecule has 0 saturated carbocycles. The first kappa shape index (κ1) is 13.1. The van der Waals surface area contributed by atoms with Crippen LogP contribution in [0.4, 0.5) is 0 Å². The Labute approximate surface area is 122 Å². The number of nitrogens with zero attached hydrogens (tertiary/aromatic N) is 1. The topological polar surface area (TPSA) is 55.0 Å². The third kappa shape index (κ3) is 2.84. The van der Waals surface area contributed by atoms with Crippen LogP contribution in [-0.4, -0.2) is 17.1 Å². The molecule has 3 aromatic rings. The lowest BCUT2D eigenvalue weighted by atomic mass is 10.1. The van der Waals surface area contributed by atoms with Crippen LogP contribution < -0.4 is 10.3 Å². The standard InChI is InChI=1S/C17H14N2O2/c1-21-14-7-5-12(6-8-14)13-10-16(19-17(20)11-13)15-4-2-3-9-18-15/h2-11H,1H3,(H,19,20). The Hall–Kier alpha value is -2.88. The van der Waals surface area contributed by atoms with Gasteiger partial charge in [-0.05, 0) is 41.5 Å². The molecule has 0 aliphatic heterocycles. The Bertz CT molecular complexity index is 793. The van der Waals surface area contributed by atoms with Crippen molar-refractivity contribution < 1.29 is 4.74 Å². The minimum Gasteiger partial charge on any atom is -0.497 e. The normalized spacial score (nSPS) is 10.3. The average molecular weight is 278 g/mol. The highest BCUT2D eigenvalue weighted by Crippen LogP contribution is 2.24. The first-order chi connectivity index (χ1) is 10.3. The quantitative estimate of drug-likeness (QED) is 0.801. The number of rotatable bonds is 3. The number of hydrogen-bond donors (Lipinski definition) is 1. The average Bonchev–Trinajstić information content (AvgIpc) is 2.55. The molecule has 1 aromatic carbocycles. The first-order valence-electron chi connectivity index (χ1n) is 6.56. The molecule has 4 nitrogen and oxygen atoms in total. The highest BCUT2D eigenvalue weighted by molar-refractivity contribution is 5.69. The van der Waals surface area contributed by atoms with Crippen LogP contribution >= 0.6 is 0 Å². The van der Waals surface area contributed by atoms with Crippen molar-refractivity contribution in [2.45, 2.75) is 0 Å². The maximum atomic E-state index is 11.9. The lowest BCUT2D eigenvalue weighted by molar-refractivity contribution is 0.415. The van der Waals surface area contributed by atoms with E-state index in [0.717, 1.165) is 22.6 Å². The molecule has 0 fully saturated rings. The smallest absolute Gasteiger partial charge is 0.249 e. The molecule has 0 atom stereocenters. The van der Waals surface area contributed by atoms with E-state index in [1.807, 2.05) is 48.5 Å². The summed E-state index contributed by atoms with van der Waals surface area (Å²) in [6, 6.07) is 16.7. The number of aromatic nitrogens is 2. The zero-order valence-corrected chi connectivity index (χ0v) is 11.5. The molecule has 0 radical (unpaired) electrons. The summed E-state index contributed by atoms with van der Waals surface area (Å²) in [5.74, 6) is 0.786. The fraction of sp³-hybridized carbons (Fsp3) is 0.0588. The second-order valence-electron chi connectivity index (χ2n) is 4.59. The van der Waals surface area contributed by atoms with E-state index in [4.69, 9.17) is 4.74 Å². The number of benzene rings is 1. The molecular weight excluding hydrogens is 264 g/mol. The number of methoxy groups -OCH3 is 1. The zero-order valence-electron chi connectivity index (χ0n) is 11.5. The fourth-order valence-corrected chi connectivity index (χ4v) is 2.15. The van der Waals surface area contributed by atoms with E-state index in [2.05, 4.69) is 9.97 Å². The SMILES string of the molecule is COc1ccc(-c2cc(-c3ccccn3)[nH]c(=O)c2)cc1. The molecule has 0 bridgehead atoms. The van der Waals surface area contributed by atoms with Crippen LogP contribution in [0.1, 0.15) is 0 Å². The van der Waals surface area contributed by atoms with Gasteiger partial charge in [0.15, 0.2) is 0 Å². The highest BCUT2D eigenvalue weighted by atomic mass is 16.5. The lowest BCUT2D eigenvalue weighted by Gasteiger charge is -2.06. The van der Waals surface area contributed by atoms with Gasteiger partial charge in [0.1, 0.15) is 5.75 Å². The number of hydrogen-bond acceptors (Lipinski definition) is 3. The second-order valence-corrected chi connectivity index (χ2v) is 4.59. The molecule has 0 aliphatic rings. The van der Waals surface area contributed by atoms with Crippen molar-refractivity contribution >= 4 is 0 Å². The summed E-state index contributed by atoms with van der Waals surface area (Å²) >= 11 is 0. The number of aromatic amines is 1. The van der Waals surface area contributed by atoms with E-state index in [0.29, 0.717) is 5.69 Å². The van der Waals surface area contributed by atoms with Crippen molar-refractivity contribution in [3.63, 3.8) is 0 Å². The van der Waals surface area contributed by atoms with Crippen molar-refractivity contribution in [3.8, 4) is 28.3 Å². The van der Waals surface area contributed by atoms with Crippen LogP contribution in [0.3, 0.4) is 0 Å². The highest BCUT2D eigenvalue weighted by Gasteiger charge is 2.05. The first-order valence-corrected chi connectivity index (χ1v) is 6.56. The van der Waals surface area contributed by atoms with Gasteiger partial charge in [0, 0.05) is 12.3 Å². The maximum Gasteiger partial charge on any atom is 0.249 e. The molecule has 0 amide bonds. The summed E-state index contributed by atoms with van der Waals surface area (Å²) in [5.41, 5.74) is 3.10. The molecule has 2 heterocycles. The van der Waals surface area contributed by atoms with Crippen LogP contribution in [0.5, 0.6) is 5.75 Å². The van der Waals surface area contributed by atoms with Gasteiger partial charge in [0.25, 0.3) is 0 Å². The van der Waals surface area contributed by atoms with Gasteiger partial charge in [-0.1, -0.05) is 18.2 Å². The van der Waals surface area contributed by atoms with Crippen molar-refractivity contribution in [3.05, 3.63) is 71.1 Å². The Morgan fingerprint density at radius 1 is 1.00 bits per heavy atom. The Morgan fingerprint density at radius 2 is 1.81 bits per heavy atom. The second kappa shape index (κ2) is 5.63. The molecule has 0 aliphatic carbocycles. The minimum atomic E-state index is -0.149. The number of H-pyrrole nitrogens is 1. The Balaban J connectivity index is 2.07.